The molecule has 0 unspecified atom stereocenters. The van der Waals surface area contributed by atoms with E-state index >= 15 is 0 Å². The molecule has 0 saturated carbocycles. The number of amides is 1. The lowest BCUT2D eigenvalue weighted by Crippen LogP contribution is -2.13. The molecule has 0 aliphatic rings. The van der Waals surface area contributed by atoms with Crippen molar-refractivity contribution >= 4 is 23.2 Å². The number of halogens is 2. The SMILES string of the molecule is Cc1noc(C)c1C(=O)Nc1ccc(F)cc1Cl. The number of anilines is 1. The Morgan fingerprint density at radius 1 is 1.44 bits per heavy atom. The predicted octanol–water partition coefficient (Wildman–Crippen LogP) is 3.34. The van der Waals surface area contributed by atoms with E-state index in [1.807, 2.05) is 0 Å². The van der Waals surface area contributed by atoms with E-state index in [0.29, 0.717) is 22.7 Å². The first-order chi connectivity index (χ1) is 8.49. The Labute approximate surface area is 108 Å². The number of aryl methyl sites for hydroxylation is 2. The third-order valence-corrected chi connectivity index (χ3v) is 2.75. The van der Waals surface area contributed by atoms with Gasteiger partial charge in [-0.3, -0.25) is 4.79 Å². The number of nitrogens with zero attached hydrogens (tertiary/aromatic N) is 1. The zero-order valence-corrected chi connectivity index (χ0v) is 10.5. The summed E-state index contributed by atoms with van der Waals surface area (Å²) in [6, 6.07) is 3.74. The molecule has 1 N–H and O–H groups in total. The molecule has 18 heavy (non-hydrogen) atoms. The minimum absolute atomic E-state index is 0.134. The second-order valence-corrected chi connectivity index (χ2v) is 4.18. The highest BCUT2D eigenvalue weighted by Gasteiger charge is 2.18. The number of carbonyl (C=O) groups is 1. The smallest absolute Gasteiger partial charge is 0.261 e. The fourth-order valence-corrected chi connectivity index (χ4v) is 1.80. The van der Waals surface area contributed by atoms with Crippen molar-refractivity contribution in [3.05, 3.63) is 46.1 Å². The van der Waals surface area contributed by atoms with Gasteiger partial charge in [-0.2, -0.15) is 0 Å². The van der Waals surface area contributed by atoms with E-state index in [0.717, 1.165) is 6.07 Å². The number of nitrogens with one attached hydrogen (secondary N) is 1. The van der Waals surface area contributed by atoms with Gasteiger partial charge in [0.1, 0.15) is 17.1 Å². The molecule has 1 heterocycles. The Morgan fingerprint density at radius 3 is 2.72 bits per heavy atom. The van der Waals surface area contributed by atoms with Crippen molar-refractivity contribution in [2.45, 2.75) is 13.8 Å². The molecule has 2 aromatic rings. The molecule has 0 atom stereocenters. The highest BCUT2D eigenvalue weighted by atomic mass is 35.5. The molecule has 1 amide bonds. The maximum absolute atomic E-state index is 12.9. The van der Waals surface area contributed by atoms with Crippen LogP contribution in [0.4, 0.5) is 10.1 Å². The minimum Gasteiger partial charge on any atom is -0.361 e. The summed E-state index contributed by atoms with van der Waals surface area (Å²) in [5.74, 6) is -0.432. The molecule has 0 fully saturated rings. The van der Waals surface area contributed by atoms with Gasteiger partial charge in [0.2, 0.25) is 0 Å². The number of hydrogen-bond acceptors (Lipinski definition) is 3. The van der Waals surface area contributed by atoms with Gasteiger partial charge in [0, 0.05) is 0 Å². The standard InChI is InChI=1S/C12H10ClFN2O2/c1-6-11(7(2)18-16-6)12(17)15-10-4-3-8(14)5-9(10)13/h3-5H,1-2H3,(H,15,17). The molecule has 4 nitrogen and oxygen atoms in total. The van der Waals surface area contributed by atoms with Crippen LogP contribution in [0.2, 0.25) is 5.02 Å². The lowest BCUT2D eigenvalue weighted by Gasteiger charge is -2.06. The van der Waals surface area contributed by atoms with E-state index in [4.69, 9.17) is 16.1 Å². The van der Waals surface area contributed by atoms with Crippen molar-refractivity contribution < 1.29 is 13.7 Å². The summed E-state index contributed by atoms with van der Waals surface area (Å²) < 4.78 is 17.8. The van der Waals surface area contributed by atoms with Crippen molar-refractivity contribution in [2.75, 3.05) is 5.32 Å². The van der Waals surface area contributed by atoms with Crippen LogP contribution >= 0.6 is 11.6 Å². The van der Waals surface area contributed by atoms with E-state index in [2.05, 4.69) is 10.5 Å². The van der Waals surface area contributed by atoms with Crippen LogP contribution in [0.5, 0.6) is 0 Å². The number of benzene rings is 1. The Bertz CT molecular complexity index is 591. The van der Waals surface area contributed by atoms with Crippen LogP contribution in [-0.2, 0) is 0 Å². The largest absolute Gasteiger partial charge is 0.361 e. The van der Waals surface area contributed by atoms with Crippen LogP contribution in [0.15, 0.2) is 22.7 Å². The minimum atomic E-state index is -0.463. The van der Waals surface area contributed by atoms with Gasteiger partial charge in [-0.1, -0.05) is 16.8 Å². The highest BCUT2D eigenvalue weighted by Crippen LogP contribution is 2.24. The van der Waals surface area contributed by atoms with Crippen molar-refractivity contribution in [3.8, 4) is 0 Å². The second-order valence-electron chi connectivity index (χ2n) is 3.78. The van der Waals surface area contributed by atoms with E-state index in [1.165, 1.54) is 12.1 Å². The summed E-state index contributed by atoms with van der Waals surface area (Å²) in [7, 11) is 0. The molecule has 2 rings (SSSR count). The Morgan fingerprint density at radius 2 is 2.17 bits per heavy atom. The molecule has 1 aromatic carbocycles. The van der Waals surface area contributed by atoms with Gasteiger partial charge in [-0.05, 0) is 32.0 Å². The molecule has 0 saturated heterocycles. The second kappa shape index (κ2) is 4.78. The molecular formula is C12H10ClFN2O2. The Kier molecular flexibility index (Phi) is 3.34. The summed E-state index contributed by atoms with van der Waals surface area (Å²) in [6.45, 7) is 3.30. The molecule has 1 aromatic heterocycles. The fourth-order valence-electron chi connectivity index (χ4n) is 1.58. The van der Waals surface area contributed by atoms with Crippen molar-refractivity contribution in [2.24, 2.45) is 0 Å². The zero-order valence-electron chi connectivity index (χ0n) is 9.75. The zero-order chi connectivity index (χ0) is 13.3. The average molecular weight is 269 g/mol. The van der Waals surface area contributed by atoms with Gasteiger partial charge in [0.05, 0.1) is 16.4 Å². The van der Waals surface area contributed by atoms with Crippen LogP contribution in [0.1, 0.15) is 21.8 Å². The van der Waals surface area contributed by atoms with Gasteiger partial charge in [0.15, 0.2) is 0 Å². The number of rotatable bonds is 2. The van der Waals surface area contributed by atoms with Crippen molar-refractivity contribution in [1.29, 1.82) is 0 Å². The van der Waals surface area contributed by atoms with Gasteiger partial charge >= 0.3 is 0 Å². The van der Waals surface area contributed by atoms with Crippen LogP contribution in [0.25, 0.3) is 0 Å². The summed E-state index contributed by atoms with van der Waals surface area (Å²) >= 11 is 5.82. The lowest BCUT2D eigenvalue weighted by atomic mass is 10.2. The number of carbonyl (C=O) groups excluding carboxylic acids is 1. The third-order valence-electron chi connectivity index (χ3n) is 2.44. The first-order valence-electron chi connectivity index (χ1n) is 5.18. The molecule has 0 bridgehead atoms. The first-order valence-corrected chi connectivity index (χ1v) is 5.56. The fraction of sp³-hybridized carbons (Fsp3) is 0.167. The monoisotopic (exact) mass is 268 g/mol. The predicted molar refractivity (Wildman–Crippen MR) is 65.3 cm³/mol. The summed E-state index contributed by atoms with van der Waals surface area (Å²) in [4.78, 5) is 12.0. The Hall–Kier alpha value is -1.88. The highest BCUT2D eigenvalue weighted by molar-refractivity contribution is 6.33. The summed E-state index contributed by atoms with van der Waals surface area (Å²) in [5.41, 5.74) is 1.18. The summed E-state index contributed by atoms with van der Waals surface area (Å²) in [5, 5.41) is 6.40. The molecule has 0 spiro atoms. The van der Waals surface area contributed by atoms with Crippen molar-refractivity contribution in [3.63, 3.8) is 0 Å². The lowest BCUT2D eigenvalue weighted by molar-refractivity contribution is 0.102. The van der Waals surface area contributed by atoms with E-state index in [9.17, 15) is 9.18 Å². The third kappa shape index (κ3) is 2.36. The molecule has 0 aliphatic carbocycles. The van der Waals surface area contributed by atoms with Crippen LogP contribution in [0, 0.1) is 19.7 Å². The first kappa shape index (κ1) is 12.6. The van der Waals surface area contributed by atoms with Crippen LogP contribution in [-0.4, -0.2) is 11.1 Å². The number of aromatic nitrogens is 1. The molecule has 6 heteroatoms. The molecular weight excluding hydrogens is 259 g/mol. The van der Waals surface area contributed by atoms with E-state index < -0.39 is 5.82 Å². The quantitative estimate of drug-likeness (QED) is 0.909. The van der Waals surface area contributed by atoms with Gasteiger partial charge < -0.3 is 9.84 Å². The van der Waals surface area contributed by atoms with Crippen LogP contribution < -0.4 is 5.32 Å². The van der Waals surface area contributed by atoms with E-state index in [-0.39, 0.29) is 10.9 Å². The molecule has 0 aliphatic heterocycles. The van der Waals surface area contributed by atoms with Crippen LogP contribution in [0.3, 0.4) is 0 Å². The van der Waals surface area contributed by atoms with Gasteiger partial charge in [-0.25, -0.2) is 4.39 Å². The van der Waals surface area contributed by atoms with Gasteiger partial charge in [-0.15, -0.1) is 0 Å². The van der Waals surface area contributed by atoms with Crippen molar-refractivity contribution in [1.82, 2.24) is 5.16 Å². The molecule has 94 valence electrons. The maximum Gasteiger partial charge on any atom is 0.261 e. The topological polar surface area (TPSA) is 55.1 Å². The number of hydrogen-bond donors (Lipinski definition) is 1. The van der Waals surface area contributed by atoms with Gasteiger partial charge in [0.25, 0.3) is 5.91 Å². The summed E-state index contributed by atoms with van der Waals surface area (Å²) in [6.07, 6.45) is 0. The molecule has 0 radical (unpaired) electrons. The van der Waals surface area contributed by atoms with E-state index in [1.54, 1.807) is 13.8 Å². The maximum atomic E-state index is 12.9. The average Bonchev–Trinajstić information content (AvgIpc) is 2.62. The Balaban J connectivity index is 2.27. The normalized spacial score (nSPS) is 10.4.